The van der Waals surface area contributed by atoms with Crippen LogP contribution in [-0.4, -0.2) is 16.1 Å². The van der Waals surface area contributed by atoms with E-state index in [1.807, 2.05) is 6.07 Å². The van der Waals surface area contributed by atoms with Crippen molar-refractivity contribution in [3.05, 3.63) is 30.1 Å². The van der Waals surface area contributed by atoms with E-state index in [-0.39, 0.29) is 0 Å². The zero-order chi connectivity index (χ0) is 12.4. The summed E-state index contributed by atoms with van der Waals surface area (Å²) in [6, 6.07) is 8.31. The van der Waals surface area contributed by atoms with E-state index < -0.39 is 0 Å². The van der Waals surface area contributed by atoms with Gasteiger partial charge in [0.1, 0.15) is 5.82 Å². The Balaban J connectivity index is 1.54. The van der Waals surface area contributed by atoms with Crippen LogP contribution in [0.25, 0.3) is 11.0 Å². The second-order valence-corrected chi connectivity index (χ2v) is 5.34. The number of benzene rings is 1. The van der Waals surface area contributed by atoms with E-state index in [0.29, 0.717) is 0 Å². The van der Waals surface area contributed by atoms with Crippen molar-refractivity contribution in [1.82, 2.24) is 14.9 Å². The molecule has 0 spiro atoms. The summed E-state index contributed by atoms with van der Waals surface area (Å²) in [7, 11) is 2.09. The van der Waals surface area contributed by atoms with Crippen LogP contribution in [-0.2, 0) is 13.6 Å². The zero-order valence-corrected chi connectivity index (χ0v) is 11.0. The molecule has 0 radical (unpaired) electrons. The molecular formula is C15H21N3. The highest BCUT2D eigenvalue weighted by atomic mass is 15.1. The Labute approximate surface area is 108 Å². The zero-order valence-electron chi connectivity index (χ0n) is 11.0. The Morgan fingerprint density at radius 1 is 1.33 bits per heavy atom. The molecular weight excluding hydrogens is 222 g/mol. The summed E-state index contributed by atoms with van der Waals surface area (Å²) >= 11 is 0. The van der Waals surface area contributed by atoms with Gasteiger partial charge in [-0.15, -0.1) is 0 Å². The molecule has 3 nitrogen and oxygen atoms in total. The molecule has 0 bridgehead atoms. The number of nitrogens with zero attached hydrogens (tertiary/aromatic N) is 2. The van der Waals surface area contributed by atoms with E-state index in [2.05, 4.69) is 40.1 Å². The summed E-state index contributed by atoms with van der Waals surface area (Å²) in [5.41, 5.74) is 2.31. The standard InChI is InChI=1S/C15H21N3/c1-18-14-7-3-2-6-13(14)17-15(18)11-16-10-4-5-12-8-9-12/h2-3,6-7,12,16H,4-5,8-11H2,1H3. The first-order valence-electron chi connectivity index (χ1n) is 6.95. The lowest BCUT2D eigenvalue weighted by atomic mass is 10.2. The SMILES string of the molecule is Cn1c(CNCCCC2CC2)nc2ccccc21. The summed E-state index contributed by atoms with van der Waals surface area (Å²) in [5.74, 6) is 2.17. The quantitative estimate of drug-likeness (QED) is 0.791. The minimum atomic E-state index is 0.871. The van der Waals surface area contributed by atoms with Crippen molar-refractivity contribution in [2.75, 3.05) is 6.54 Å². The molecule has 1 N–H and O–H groups in total. The van der Waals surface area contributed by atoms with Gasteiger partial charge >= 0.3 is 0 Å². The van der Waals surface area contributed by atoms with Gasteiger partial charge in [0.25, 0.3) is 0 Å². The predicted molar refractivity (Wildman–Crippen MR) is 74.4 cm³/mol. The molecule has 1 aliphatic rings. The number of fused-ring (bicyclic) bond motifs is 1. The largest absolute Gasteiger partial charge is 0.330 e. The number of aromatic nitrogens is 2. The van der Waals surface area contributed by atoms with Crippen molar-refractivity contribution in [3.63, 3.8) is 0 Å². The van der Waals surface area contributed by atoms with Crippen LogP contribution in [0.5, 0.6) is 0 Å². The third kappa shape index (κ3) is 2.56. The molecule has 1 saturated carbocycles. The monoisotopic (exact) mass is 243 g/mol. The average molecular weight is 243 g/mol. The molecule has 1 fully saturated rings. The van der Waals surface area contributed by atoms with E-state index >= 15 is 0 Å². The first-order valence-corrected chi connectivity index (χ1v) is 6.95. The molecule has 3 heteroatoms. The highest BCUT2D eigenvalue weighted by Crippen LogP contribution is 2.33. The molecule has 18 heavy (non-hydrogen) atoms. The minimum absolute atomic E-state index is 0.871. The molecule has 1 heterocycles. The van der Waals surface area contributed by atoms with Gasteiger partial charge in [-0.3, -0.25) is 0 Å². The summed E-state index contributed by atoms with van der Waals surface area (Å²) in [4.78, 5) is 4.66. The first-order chi connectivity index (χ1) is 8.84. The van der Waals surface area contributed by atoms with Crippen LogP contribution in [0.1, 0.15) is 31.5 Å². The Morgan fingerprint density at radius 2 is 2.17 bits per heavy atom. The molecule has 0 aliphatic heterocycles. The maximum Gasteiger partial charge on any atom is 0.123 e. The van der Waals surface area contributed by atoms with Crippen LogP contribution in [0.15, 0.2) is 24.3 Å². The second kappa shape index (κ2) is 5.11. The Morgan fingerprint density at radius 3 is 2.94 bits per heavy atom. The van der Waals surface area contributed by atoms with E-state index in [1.54, 1.807) is 0 Å². The van der Waals surface area contributed by atoms with Crippen molar-refractivity contribution < 1.29 is 0 Å². The normalized spacial score (nSPS) is 15.4. The van der Waals surface area contributed by atoms with Gasteiger partial charge in [-0.25, -0.2) is 4.98 Å². The molecule has 0 atom stereocenters. The predicted octanol–water partition coefficient (Wildman–Crippen LogP) is 2.85. The van der Waals surface area contributed by atoms with Crippen LogP contribution in [0, 0.1) is 5.92 Å². The van der Waals surface area contributed by atoms with E-state index in [4.69, 9.17) is 0 Å². The highest BCUT2D eigenvalue weighted by molar-refractivity contribution is 5.75. The summed E-state index contributed by atoms with van der Waals surface area (Å²) in [6.07, 6.45) is 5.62. The van der Waals surface area contributed by atoms with Crippen molar-refractivity contribution in [1.29, 1.82) is 0 Å². The fourth-order valence-corrected chi connectivity index (χ4v) is 2.48. The van der Waals surface area contributed by atoms with Gasteiger partial charge in [-0.05, 0) is 37.4 Å². The number of aryl methyl sites for hydroxylation is 1. The Kier molecular flexibility index (Phi) is 3.33. The topological polar surface area (TPSA) is 29.9 Å². The fraction of sp³-hybridized carbons (Fsp3) is 0.533. The molecule has 96 valence electrons. The Hall–Kier alpha value is -1.35. The average Bonchev–Trinajstić information content (AvgIpc) is 3.16. The maximum atomic E-state index is 4.66. The number of rotatable bonds is 6. The van der Waals surface area contributed by atoms with Crippen molar-refractivity contribution in [3.8, 4) is 0 Å². The van der Waals surface area contributed by atoms with Crippen molar-refractivity contribution in [2.45, 2.75) is 32.2 Å². The Bertz CT molecular complexity index is 526. The van der Waals surface area contributed by atoms with E-state index in [9.17, 15) is 0 Å². The summed E-state index contributed by atoms with van der Waals surface area (Å²) < 4.78 is 2.18. The number of nitrogens with one attached hydrogen (secondary N) is 1. The second-order valence-electron chi connectivity index (χ2n) is 5.34. The highest BCUT2D eigenvalue weighted by Gasteiger charge is 2.19. The van der Waals surface area contributed by atoms with Gasteiger partial charge in [0.2, 0.25) is 0 Å². The van der Waals surface area contributed by atoms with Gasteiger partial charge in [0.15, 0.2) is 0 Å². The molecule has 3 rings (SSSR count). The van der Waals surface area contributed by atoms with Crippen LogP contribution < -0.4 is 5.32 Å². The van der Waals surface area contributed by atoms with E-state index in [0.717, 1.165) is 30.3 Å². The number of hydrogen-bond donors (Lipinski definition) is 1. The van der Waals surface area contributed by atoms with Gasteiger partial charge in [-0.2, -0.15) is 0 Å². The fourth-order valence-electron chi connectivity index (χ4n) is 2.48. The molecule has 1 aromatic carbocycles. The van der Waals surface area contributed by atoms with E-state index in [1.165, 1.54) is 31.2 Å². The van der Waals surface area contributed by atoms with Crippen LogP contribution >= 0.6 is 0 Å². The van der Waals surface area contributed by atoms with Gasteiger partial charge in [0.05, 0.1) is 17.6 Å². The lowest BCUT2D eigenvalue weighted by Gasteiger charge is -2.04. The summed E-state index contributed by atoms with van der Waals surface area (Å²) in [5, 5.41) is 3.50. The molecule has 1 aliphatic carbocycles. The molecule has 2 aromatic rings. The van der Waals surface area contributed by atoms with Crippen LogP contribution in [0.2, 0.25) is 0 Å². The third-order valence-corrected chi connectivity index (χ3v) is 3.83. The number of hydrogen-bond acceptors (Lipinski definition) is 2. The number of para-hydroxylation sites is 2. The minimum Gasteiger partial charge on any atom is -0.330 e. The number of imidazole rings is 1. The van der Waals surface area contributed by atoms with Crippen LogP contribution in [0.3, 0.4) is 0 Å². The van der Waals surface area contributed by atoms with Crippen molar-refractivity contribution >= 4 is 11.0 Å². The smallest absolute Gasteiger partial charge is 0.123 e. The molecule has 0 unspecified atom stereocenters. The van der Waals surface area contributed by atoms with Gasteiger partial charge < -0.3 is 9.88 Å². The lowest BCUT2D eigenvalue weighted by Crippen LogP contribution is -2.17. The molecule has 1 aromatic heterocycles. The first kappa shape index (κ1) is 11.7. The summed E-state index contributed by atoms with van der Waals surface area (Å²) in [6.45, 7) is 1.98. The molecule has 0 amide bonds. The van der Waals surface area contributed by atoms with Crippen LogP contribution in [0.4, 0.5) is 0 Å². The third-order valence-electron chi connectivity index (χ3n) is 3.83. The maximum absolute atomic E-state index is 4.66. The van der Waals surface area contributed by atoms with Gasteiger partial charge in [-0.1, -0.05) is 25.0 Å². The lowest BCUT2D eigenvalue weighted by molar-refractivity contribution is 0.577. The van der Waals surface area contributed by atoms with Gasteiger partial charge in [0, 0.05) is 7.05 Å². The molecule has 0 saturated heterocycles. The van der Waals surface area contributed by atoms with Crippen molar-refractivity contribution in [2.24, 2.45) is 13.0 Å².